The van der Waals surface area contributed by atoms with Crippen LogP contribution in [0.5, 0.6) is 0 Å². The molecule has 0 saturated heterocycles. The van der Waals surface area contributed by atoms with Crippen LogP contribution in [-0.2, 0) is 6.42 Å². The summed E-state index contributed by atoms with van der Waals surface area (Å²) < 4.78 is 5.01. The molecule has 0 fully saturated rings. The zero-order valence-corrected chi connectivity index (χ0v) is 7.90. The number of hydrogen-bond acceptors (Lipinski definition) is 4. The van der Waals surface area contributed by atoms with Gasteiger partial charge in [-0.2, -0.15) is 4.98 Å². The average Bonchev–Trinajstić information content (AvgIpc) is 2.51. The van der Waals surface area contributed by atoms with Gasteiger partial charge in [0.25, 0.3) is 0 Å². The third kappa shape index (κ3) is 1.90. The van der Waals surface area contributed by atoms with Gasteiger partial charge in [-0.05, 0) is 24.6 Å². The summed E-state index contributed by atoms with van der Waals surface area (Å²) in [6.07, 6.45) is 0.631. The van der Waals surface area contributed by atoms with Crippen LogP contribution in [0.2, 0.25) is 0 Å². The second-order valence-corrected chi connectivity index (χ2v) is 3.16. The topological polar surface area (TPSA) is 64.9 Å². The van der Waals surface area contributed by atoms with Crippen molar-refractivity contribution < 1.29 is 4.52 Å². The Kier molecular flexibility index (Phi) is 2.18. The van der Waals surface area contributed by atoms with Crippen molar-refractivity contribution in [1.82, 2.24) is 10.1 Å². The molecule has 0 aliphatic carbocycles. The molecular weight excluding hydrogens is 178 g/mol. The Morgan fingerprint density at radius 3 is 2.93 bits per heavy atom. The van der Waals surface area contributed by atoms with Crippen LogP contribution in [-0.4, -0.2) is 10.1 Å². The highest BCUT2D eigenvalue weighted by molar-refractivity contribution is 5.41. The minimum atomic E-state index is 0.619. The van der Waals surface area contributed by atoms with Gasteiger partial charge in [0.1, 0.15) is 0 Å². The highest BCUT2D eigenvalue weighted by atomic mass is 16.5. The number of anilines is 1. The molecule has 0 aliphatic rings. The van der Waals surface area contributed by atoms with Crippen LogP contribution in [0.25, 0.3) is 0 Å². The van der Waals surface area contributed by atoms with Gasteiger partial charge in [0.05, 0.1) is 6.42 Å². The smallest absolute Gasteiger partial charge is 0.231 e. The number of benzene rings is 1. The molecule has 2 N–H and O–H groups in total. The summed E-state index contributed by atoms with van der Waals surface area (Å²) in [4.78, 5) is 4.12. The molecule has 2 aromatic rings. The Morgan fingerprint density at radius 2 is 2.29 bits per heavy atom. The molecule has 1 aromatic heterocycles. The van der Waals surface area contributed by atoms with Gasteiger partial charge in [-0.25, -0.2) is 0 Å². The molecule has 4 heteroatoms. The van der Waals surface area contributed by atoms with Crippen LogP contribution in [0.15, 0.2) is 28.8 Å². The molecule has 0 saturated carbocycles. The fourth-order valence-electron chi connectivity index (χ4n) is 1.29. The van der Waals surface area contributed by atoms with E-state index >= 15 is 0 Å². The largest absolute Gasteiger partial charge is 0.399 e. The van der Waals surface area contributed by atoms with Gasteiger partial charge in [0.2, 0.25) is 5.89 Å². The molecule has 1 aromatic carbocycles. The van der Waals surface area contributed by atoms with Crippen molar-refractivity contribution in [2.75, 3.05) is 5.73 Å². The van der Waals surface area contributed by atoms with E-state index in [1.165, 1.54) is 0 Å². The lowest BCUT2D eigenvalue weighted by atomic mass is 10.1. The van der Waals surface area contributed by atoms with Gasteiger partial charge in [0.15, 0.2) is 5.82 Å². The molecule has 4 nitrogen and oxygen atoms in total. The van der Waals surface area contributed by atoms with Crippen molar-refractivity contribution in [2.45, 2.75) is 13.3 Å². The molecule has 72 valence electrons. The Morgan fingerprint density at radius 1 is 1.43 bits per heavy atom. The lowest BCUT2D eigenvalue weighted by Crippen LogP contribution is -1.91. The summed E-state index contributed by atoms with van der Waals surface area (Å²) in [7, 11) is 0. The van der Waals surface area contributed by atoms with E-state index in [-0.39, 0.29) is 0 Å². The van der Waals surface area contributed by atoms with Crippen molar-refractivity contribution in [1.29, 1.82) is 0 Å². The third-order valence-electron chi connectivity index (χ3n) is 1.88. The maximum Gasteiger partial charge on any atom is 0.231 e. The maximum atomic E-state index is 5.65. The van der Waals surface area contributed by atoms with Crippen LogP contribution in [0, 0.1) is 6.92 Å². The molecule has 0 atom stereocenters. The summed E-state index contributed by atoms with van der Waals surface area (Å²) in [5.74, 6) is 1.28. The minimum Gasteiger partial charge on any atom is -0.399 e. The SMILES string of the molecule is Cc1noc(Cc2cccc(N)c2)n1. The van der Waals surface area contributed by atoms with Crippen molar-refractivity contribution in [2.24, 2.45) is 0 Å². The molecule has 0 radical (unpaired) electrons. The van der Waals surface area contributed by atoms with E-state index in [9.17, 15) is 0 Å². The summed E-state index contributed by atoms with van der Waals surface area (Å²) in [5, 5.41) is 3.72. The van der Waals surface area contributed by atoms with Crippen LogP contribution >= 0.6 is 0 Å². The Balaban J connectivity index is 2.18. The van der Waals surface area contributed by atoms with Gasteiger partial charge in [-0.15, -0.1) is 0 Å². The van der Waals surface area contributed by atoms with E-state index in [0.717, 1.165) is 11.3 Å². The van der Waals surface area contributed by atoms with Crippen LogP contribution in [0.4, 0.5) is 5.69 Å². The van der Waals surface area contributed by atoms with Crippen molar-refractivity contribution in [3.05, 3.63) is 41.5 Å². The Bertz CT molecular complexity index is 436. The molecule has 0 unspecified atom stereocenters. The number of rotatable bonds is 2. The number of hydrogen-bond donors (Lipinski definition) is 1. The van der Waals surface area contributed by atoms with Crippen molar-refractivity contribution >= 4 is 5.69 Å². The van der Waals surface area contributed by atoms with Crippen molar-refractivity contribution in [3.8, 4) is 0 Å². The molecule has 0 aliphatic heterocycles. The normalized spacial score (nSPS) is 10.4. The molecular formula is C10H11N3O. The van der Waals surface area contributed by atoms with Crippen LogP contribution < -0.4 is 5.73 Å². The van der Waals surface area contributed by atoms with E-state index in [1.54, 1.807) is 6.92 Å². The number of nitrogen functional groups attached to an aromatic ring is 1. The number of nitrogens with two attached hydrogens (primary N) is 1. The summed E-state index contributed by atoms with van der Waals surface area (Å²) in [6.45, 7) is 1.80. The highest BCUT2D eigenvalue weighted by Crippen LogP contribution is 2.10. The monoisotopic (exact) mass is 189 g/mol. The second kappa shape index (κ2) is 3.49. The Labute approximate surface area is 81.7 Å². The molecule has 2 rings (SSSR count). The zero-order chi connectivity index (χ0) is 9.97. The van der Waals surface area contributed by atoms with Gasteiger partial charge in [-0.1, -0.05) is 17.3 Å². The summed E-state index contributed by atoms with van der Waals surface area (Å²) >= 11 is 0. The molecule has 0 amide bonds. The van der Waals surface area contributed by atoms with E-state index in [1.807, 2.05) is 24.3 Å². The first kappa shape index (κ1) is 8.74. The van der Waals surface area contributed by atoms with Gasteiger partial charge < -0.3 is 10.3 Å². The molecule has 1 heterocycles. The van der Waals surface area contributed by atoms with Crippen LogP contribution in [0.3, 0.4) is 0 Å². The zero-order valence-electron chi connectivity index (χ0n) is 7.90. The third-order valence-corrected chi connectivity index (χ3v) is 1.88. The number of aromatic nitrogens is 2. The molecule has 0 bridgehead atoms. The summed E-state index contributed by atoms with van der Waals surface area (Å²) in [6, 6.07) is 7.64. The van der Waals surface area contributed by atoms with E-state index in [4.69, 9.17) is 10.3 Å². The fourth-order valence-corrected chi connectivity index (χ4v) is 1.29. The molecule has 0 spiro atoms. The van der Waals surface area contributed by atoms with Gasteiger partial charge in [0, 0.05) is 5.69 Å². The number of aryl methyl sites for hydroxylation is 1. The molecule has 14 heavy (non-hydrogen) atoms. The maximum absolute atomic E-state index is 5.65. The fraction of sp³-hybridized carbons (Fsp3) is 0.200. The summed E-state index contributed by atoms with van der Waals surface area (Å²) in [5.41, 5.74) is 7.48. The standard InChI is InChI=1S/C10H11N3O/c1-7-12-10(14-13-7)6-8-3-2-4-9(11)5-8/h2-5H,6,11H2,1H3. The quantitative estimate of drug-likeness (QED) is 0.728. The lowest BCUT2D eigenvalue weighted by molar-refractivity contribution is 0.381. The highest BCUT2D eigenvalue weighted by Gasteiger charge is 2.03. The lowest BCUT2D eigenvalue weighted by Gasteiger charge is -1.97. The van der Waals surface area contributed by atoms with Crippen molar-refractivity contribution in [3.63, 3.8) is 0 Å². The second-order valence-electron chi connectivity index (χ2n) is 3.16. The van der Waals surface area contributed by atoms with E-state index < -0.39 is 0 Å². The number of nitrogens with zero attached hydrogens (tertiary/aromatic N) is 2. The van der Waals surface area contributed by atoms with Gasteiger partial charge in [-0.3, -0.25) is 0 Å². The van der Waals surface area contributed by atoms with E-state index in [2.05, 4.69) is 10.1 Å². The predicted octanol–water partition coefficient (Wildman–Crippen LogP) is 1.55. The van der Waals surface area contributed by atoms with Crippen LogP contribution in [0.1, 0.15) is 17.3 Å². The average molecular weight is 189 g/mol. The predicted molar refractivity (Wildman–Crippen MR) is 52.7 cm³/mol. The first-order valence-corrected chi connectivity index (χ1v) is 4.37. The minimum absolute atomic E-state index is 0.619. The Hall–Kier alpha value is -1.84. The first-order chi connectivity index (χ1) is 6.74. The van der Waals surface area contributed by atoms with Gasteiger partial charge >= 0.3 is 0 Å². The van der Waals surface area contributed by atoms with E-state index in [0.29, 0.717) is 18.1 Å². The first-order valence-electron chi connectivity index (χ1n) is 4.37.